The zero-order chi connectivity index (χ0) is 11.1. The molecule has 3 fully saturated rings. The zero-order valence-corrected chi connectivity index (χ0v) is 10.7. The molecule has 2 heteroatoms. The lowest BCUT2D eigenvalue weighted by molar-refractivity contribution is 0.107. The first-order valence-corrected chi connectivity index (χ1v) is 7.12. The number of hydrogen-bond acceptors (Lipinski definition) is 2. The Labute approximate surface area is 99.1 Å². The van der Waals surface area contributed by atoms with Crippen molar-refractivity contribution in [3.05, 3.63) is 0 Å². The van der Waals surface area contributed by atoms with Crippen LogP contribution in [0, 0.1) is 11.8 Å². The van der Waals surface area contributed by atoms with E-state index in [1.54, 1.807) is 5.71 Å². The fraction of sp³-hybridized carbons (Fsp3) is 0.929. The Morgan fingerprint density at radius 3 is 1.81 bits per heavy atom. The van der Waals surface area contributed by atoms with Crippen molar-refractivity contribution in [3.8, 4) is 0 Å². The van der Waals surface area contributed by atoms with Crippen LogP contribution in [0.3, 0.4) is 0 Å². The topological polar surface area (TPSA) is 15.6 Å². The molecule has 2 saturated carbocycles. The first kappa shape index (κ1) is 10.6. The van der Waals surface area contributed by atoms with Crippen molar-refractivity contribution in [2.45, 2.75) is 70.9 Å². The molecule has 2 unspecified atom stereocenters. The van der Waals surface area contributed by atoms with E-state index in [4.69, 9.17) is 5.10 Å². The summed E-state index contributed by atoms with van der Waals surface area (Å²) in [7, 11) is 0. The lowest BCUT2D eigenvalue weighted by Gasteiger charge is -2.37. The predicted octanol–water partition coefficient (Wildman–Crippen LogP) is 3.43. The number of rotatable bonds is 3. The van der Waals surface area contributed by atoms with Gasteiger partial charge in [0, 0.05) is 17.8 Å². The molecule has 0 N–H and O–H groups in total. The second-order valence-electron chi connectivity index (χ2n) is 6.08. The Kier molecular flexibility index (Phi) is 2.68. The van der Waals surface area contributed by atoms with Gasteiger partial charge in [0.15, 0.2) is 0 Å². The van der Waals surface area contributed by atoms with Crippen molar-refractivity contribution in [2.75, 3.05) is 0 Å². The maximum Gasteiger partial charge on any atom is 0.0445 e. The molecule has 1 aliphatic heterocycles. The second-order valence-corrected chi connectivity index (χ2v) is 6.08. The minimum absolute atomic E-state index is 0.663. The molecular formula is C14H24N2. The fourth-order valence-electron chi connectivity index (χ4n) is 2.99. The summed E-state index contributed by atoms with van der Waals surface area (Å²) in [6, 6.07) is 1.33. The summed E-state index contributed by atoms with van der Waals surface area (Å²) >= 11 is 0. The van der Waals surface area contributed by atoms with E-state index in [0.717, 1.165) is 11.8 Å². The number of piperidine rings is 1. The molecule has 2 nitrogen and oxygen atoms in total. The fourth-order valence-corrected chi connectivity index (χ4v) is 2.99. The van der Waals surface area contributed by atoms with Crippen LogP contribution in [-0.2, 0) is 0 Å². The van der Waals surface area contributed by atoms with Crippen molar-refractivity contribution in [1.29, 1.82) is 0 Å². The maximum atomic E-state index is 5.07. The highest BCUT2D eigenvalue weighted by Crippen LogP contribution is 2.42. The third kappa shape index (κ3) is 2.11. The molecule has 3 aliphatic rings. The van der Waals surface area contributed by atoms with Crippen LogP contribution in [0.25, 0.3) is 0 Å². The molecule has 0 aromatic carbocycles. The third-order valence-electron chi connectivity index (χ3n) is 4.37. The van der Waals surface area contributed by atoms with Gasteiger partial charge in [0.05, 0.1) is 0 Å². The first-order chi connectivity index (χ1) is 7.75. The lowest BCUT2D eigenvalue weighted by Crippen LogP contribution is -2.40. The minimum Gasteiger partial charge on any atom is -0.292 e. The minimum atomic E-state index is 0.663. The monoisotopic (exact) mass is 220 g/mol. The highest BCUT2D eigenvalue weighted by Gasteiger charge is 2.39. The van der Waals surface area contributed by atoms with Gasteiger partial charge in [-0.25, -0.2) is 0 Å². The highest BCUT2D eigenvalue weighted by atomic mass is 15.5. The van der Waals surface area contributed by atoms with Crippen molar-refractivity contribution in [3.63, 3.8) is 0 Å². The SMILES string of the molecule is CC1CCCC(C)N1N=C(C1CC1)C1CC1. The molecule has 0 radical (unpaired) electrons. The summed E-state index contributed by atoms with van der Waals surface area (Å²) < 4.78 is 0. The maximum absolute atomic E-state index is 5.07. The van der Waals surface area contributed by atoms with Crippen molar-refractivity contribution >= 4 is 5.71 Å². The third-order valence-corrected chi connectivity index (χ3v) is 4.37. The Bertz CT molecular complexity index is 265. The van der Waals surface area contributed by atoms with E-state index in [2.05, 4.69) is 18.9 Å². The molecule has 1 heterocycles. The summed E-state index contributed by atoms with van der Waals surface area (Å²) in [5, 5.41) is 7.50. The van der Waals surface area contributed by atoms with E-state index in [0.29, 0.717) is 12.1 Å². The van der Waals surface area contributed by atoms with Crippen LogP contribution in [0.5, 0.6) is 0 Å². The van der Waals surface area contributed by atoms with Gasteiger partial charge in [-0.15, -0.1) is 0 Å². The zero-order valence-electron chi connectivity index (χ0n) is 10.7. The molecule has 16 heavy (non-hydrogen) atoms. The molecule has 3 rings (SSSR count). The van der Waals surface area contributed by atoms with E-state index in [1.165, 1.54) is 44.9 Å². The molecule has 2 atom stereocenters. The van der Waals surface area contributed by atoms with Crippen LogP contribution in [0.1, 0.15) is 58.8 Å². The molecule has 0 spiro atoms. The van der Waals surface area contributed by atoms with Gasteiger partial charge in [-0.3, -0.25) is 5.01 Å². The molecule has 0 bridgehead atoms. The van der Waals surface area contributed by atoms with E-state index < -0.39 is 0 Å². The highest BCUT2D eigenvalue weighted by molar-refractivity contribution is 5.92. The Morgan fingerprint density at radius 2 is 1.38 bits per heavy atom. The van der Waals surface area contributed by atoms with Crippen molar-refractivity contribution in [1.82, 2.24) is 5.01 Å². The van der Waals surface area contributed by atoms with Gasteiger partial charge in [-0.2, -0.15) is 5.10 Å². The van der Waals surface area contributed by atoms with Gasteiger partial charge in [-0.1, -0.05) is 0 Å². The number of hydrogen-bond donors (Lipinski definition) is 0. The van der Waals surface area contributed by atoms with Crippen LogP contribution in [-0.4, -0.2) is 22.8 Å². The summed E-state index contributed by atoms with van der Waals surface area (Å²) in [5.74, 6) is 1.74. The van der Waals surface area contributed by atoms with Gasteiger partial charge >= 0.3 is 0 Å². The molecular weight excluding hydrogens is 196 g/mol. The van der Waals surface area contributed by atoms with E-state index in [1.807, 2.05) is 0 Å². The van der Waals surface area contributed by atoms with Crippen LogP contribution >= 0.6 is 0 Å². The smallest absolute Gasteiger partial charge is 0.0445 e. The van der Waals surface area contributed by atoms with Gasteiger partial charge in [0.25, 0.3) is 0 Å². The summed E-state index contributed by atoms with van der Waals surface area (Å²) in [5.41, 5.74) is 1.57. The van der Waals surface area contributed by atoms with Gasteiger partial charge in [0.2, 0.25) is 0 Å². The van der Waals surface area contributed by atoms with Crippen LogP contribution < -0.4 is 0 Å². The summed E-state index contributed by atoms with van der Waals surface area (Å²) in [6.07, 6.45) is 9.68. The number of hydrazone groups is 1. The van der Waals surface area contributed by atoms with Gasteiger partial charge in [-0.05, 0) is 70.6 Å². The van der Waals surface area contributed by atoms with Crippen LogP contribution in [0.15, 0.2) is 5.10 Å². The van der Waals surface area contributed by atoms with E-state index >= 15 is 0 Å². The average Bonchev–Trinajstić information content (AvgIpc) is 3.12. The first-order valence-electron chi connectivity index (χ1n) is 7.12. The van der Waals surface area contributed by atoms with Crippen molar-refractivity contribution in [2.24, 2.45) is 16.9 Å². The summed E-state index contributed by atoms with van der Waals surface area (Å²) in [6.45, 7) is 4.69. The Morgan fingerprint density at radius 1 is 0.875 bits per heavy atom. The molecule has 0 amide bonds. The van der Waals surface area contributed by atoms with Gasteiger partial charge < -0.3 is 0 Å². The Balaban J connectivity index is 1.75. The van der Waals surface area contributed by atoms with Crippen LogP contribution in [0.4, 0.5) is 0 Å². The van der Waals surface area contributed by atoms with Crippen molar-refractivity contribution < 1.29 is 0 Å². The number of nitrogens with zero attached hydrogens (tertiary/aromatic N) is 2. The standard InChI is InChI=1S/C14H24N2/c1-10-4-3-5-11(2)16(10)15-14(12-6-7-12)13-8-9-13/h10-13H,3-9H2,1-2H3. The predicted molar refractivity (Wildman–Crippen MR) is 67.5 cm³/mol. The molecule has 90 valence electrons. The summed E-state index contributed by atoms with van der Waals surface area (Å²) in [4.78, 5) is 0. The van der Waals surface area contributed by atoms with Crippen LogP contribution in [0.2, 0.25) is 0 Å². The molecule has 0 aromatic rings. The largest absolute Gasteiger partial charge is 0.292 e. The Hall–Kier alpha value is -0.530. The van der Waals surface area contributed by atoms with E-state index in [-0.39, 0.29) is 0 Å². The second kappa shape index (κ2) is 4.05. The average molecular weight is 220 g/mol. The quantitative estimate of drug-likeness (QED) is 0.665. The van der Waals surface area contributed by atoms with E-state index in [9.17, 15) is 0 Å². The molecule has 2 aliphatic carbocycles. The molecule has 0 aromatic heterocycles. The van der Waals surface area contributed by atoms with Gasteiger partial charge in [0.1, 0.15) is 0 Å². The lowest BCUT2D eigenvalue weighted by atomic mass is 10.00. The normalized spacial score (nSPS) is 35.0. The molecule has 1 saturated heterocycles.